The minimum Gasteiger partial charge on any atom is -0.311 e. The van der Waals surface area contributed by atoms with Crippen LogP contribution in [0.5, 0.6) is 0 Å². The highest BCUT2D eigenvalue weighted by atomic mass is 15.2. The van der Waals surface area contributed by atoms with E-state index in [9.17, 15) is 0 Å². The average molecular weight is 226 g/mol. The molecule has 1 fully saturated rings. The molecule has 2 heteroatoms. The van der Waals surface area contributed by atoms with Crippen molar-refractivity contribution in [3.63, 3.8) is 0 Å². The van der Waals surface area contributed by atoms with Crippen LogP contribution >= 0.6 is 0 Å². The molecule has 16 heavy (non-hydrogen) atoms. The Morgan fingerprint density at radius 2 is 2.06 bits per heavy atom. The van der Waals surface area contributed by atoms with Gasteiger partial charge in [-0.25, -0.2) is 0 Å². The highest BCUT2D eigenvalue weighted by Gasteiger charge is 2.25. The van der Waals surface area contributed by atoms with Gasteiger partial charge in [-0.15, -0.1) is 0 Å². The van der Waals surface area contributed by atoms with Gasteiger partial charge in [0.05, 0.1) is 0 Å². The fourth-order valence-corrected chi connectivity index (χ4v) is 2.47. The molecule has 1 aliphatic heterocycles. The lowest BCUT2D eigenvalue weighted by atomic mass is 10.1. The first-order chi connectivity index (χ1) is 7.42. The van der Waals surface area contributed by atoms with E-state index in [0.29, 0.717) is 0 Å². The zero-order chi connectivity index (χ0) is 12.2. The molecule has 2 atom stereocenters. The Balaban J connectivity index is 2.41. The molecule has 0 bridgehead atoms. The quantitative estimate of drug-likeness (QED) is 0.775. The standard InChI is InChI=1S/C14H30N2/c1-6-7-13(10-15-14(3,4)5)16-9-8-12(2)11-16/h12-13,15H,6-11H2,1-5H3. The van der Waals surface area contributed by atoms with Crippen LogP contribution in [0.25, 0.3) is 0 Å². The van der Waals surface area contributed by atoms with Crippen molar-refractivity contribution in [3.8, 4) is 0 Å². The van der Waals surface area contributed by atoms with Crippen LogP contribution in [0.15, 0.2) is 0 Å². The molecule has 0 radical (unpaired) electrons. The maximum absolute atomic E-state index is 3.66. The molecule has 0 aliphatic carbocycles. The summed E-state index contributed by atoms with van der Waals surface area (Å²) in [6, 6.07) is 0.745. The van der Waals surface area contributed by atoms with Crippen LogP contribution in [-0.2, 0) is 0 Å². The SMILES string of the molecule is CCCC(CNC(C)(C)C)N1CCC(C)C1. The van der Waals surface area contributed by atoms with E-state index in [4.69, 9.17) is 0 Å². The Hall–Kier alpha value is -0.0800. The Morgan fingerprint density at radius 1 is 1.38 bits per heavy atom. The van der Waals surface area contributed by atoms with E-state index in [2.05, 4.69) is 44.8 Å². The largest absolute Gasteiger partial charge is 0.311 e. The van der Waals surface area contributed by atoms with Gasteiger partial charge in [0.15, 0.2) is 0 Å². The van der Waals surface area contributed by atoms with Crippen molar-refractivity contribution >= 4 is 0 Å². The number of nitrogens with one attached hydrogen (secondary N) is 1. The van der Waals surface area contributed by atoms with Crippen molar-refractivity contribution in [2.45, 2.75) is 65.5 Å². The van der Waals surface area contributed by atoms with Crippen LogP contribution in [-0.4, -0.2) is 36.1 Å². The van der Waals surface area contributed by atoms with Crippen molar-refractivity contribution < 1.29 is 0 Å². The van der Waals surface area contributed by atoms with E-state index in [1.807, 2.05) is 0 Å². The molecule has 0 aromatic heterocycles. The van der Waals surface area contributed by atoms with Crippen molar-refractivity contribution in [1.29, 1.82) is 0 Å². The van der Waals surface area contributed by atoms with E-state index >= 15 is 0 Å². The summed E-state index contributed by atoms with van der Waals surface area (Å²) in [6.07, 6.45) is 4.01. The lowest BCUT2D eigenvalue weighted by molar-refractivity contribution is 0.204. The van der Waals surface area contributed by atoms with E-state index in [-0.39, 0.29) is 5.54 Å². The fourth-order valence-electron chi connectivity index (χ4n) is 2.47. The van der Waals surface area contributed by atoms with E-state index in [1.165, 1.54) is 32.4 Å². The molecule has 1 rings (SSSR count). The third kappa shape index (κ3) is 4.84. The predicted molar refractivity (Wildman–Crippen MR) is 71.8 cm³/mol. The van der Waals surface area contributed by atoms with Gasteiger partial charge >= 0.3 is 0 Å². The first-order valence-corrected chi connectivity index (χ1v) is 6.91. The van der Waals surface area contributed by atoms with E-state index in [1.54, 1.807) is 0 Å². The second kappa shape index (κ2) is 6.02. The summed E-state index contributed by atoms with van der Waals surface area (Å²) >= 11 is 0. The molecule has 0 aromatic rings. The predicted octanol–water partition coefficient (Wildman–Crippen LogP) is 2.89. The van der Waals surface area contributed by atoms with Crippen LogP contribution in [0.4, 0.5) is 0 Å². The highest BCUT2D eigenvalue weighted by molar-refractivity contribution is 4.83. The normalized spacial score (nSPS) is 24.9. The van der Waals surface area contributed by atoms with E-state index < -0.39 is 0 Å². The third-order valence-electron chi connectivity index (χ3n) is 3.46. The average Bonchev–Trinajstić information content (AvgIpc) is 2.57. The van der Waals surface area contributed by atoms with Crippen LogP contribution in [0.3, 0.4) is 0 Å². The summed E-state index contributed by atoms with van der Waals surface area (Å²) in [5.74, 6) is 0.897. The Morgan fingerprint density at radius 3 is 2.50 bits per heavy atom. The number of likely N-dealkylation sites (tertiary alicyclic amines) is 1. The molecule has 96 valence electrons. The number of rotatable bonds is 5. The van der Waals surface area contributed by atoms with Gasteiger partial charge in [0, 0.05) is 24.7 Å². The maximum atomic E-state index is 3.66. The smallest absolute Gasteiger partial charge is 0.0220 e. The first kappa shape index (κ1) is 14.0. The molecule has 1 saturated heterocycles. The molecule has 1 aliphatic rings. The molecule has 2 unspecified atom stereocenters. The minimum absolute atomic E-state index is 0.247. The molecular weight excluding hydrogens is 196 g/mol. The maximum Gasteiger partial charge on any atom is 0.0220 e. The van der Waals surface area contributed by atoms with Gasteiger partial charge in [-0.3, -0.25) is 4.90 Å². The van der Waals surface area contributed by atoms with Gasteiger partial charge in [-0.1, -0.05) is 20.3 Å². The number of nitrogens with zero attached hydrogens (tertiary/aromatic N) is 1. The number of hydrogen-bond acceptors (Lipinski definition) is 2. The topological polar surface area (TPSA) is 15.3 Å². The van der Waals surface area contributed by atoms with Gasteiger partial charge in [0.1, 0.15) is 0 Å². The van der Waals surface area contributed by atoms with Crippen molar-refractivity contribution in [2.24, 2.45) is 5.92 Å². The zero-order valence-electron chi connectivity index (χ0n) is 11.8. The summed E-state index contributed by atoms with van der Waals surface area (Å²) in [5.41, 5.74) is 0.247. The Labute approximate surface area is 102 Å². The summed E-state index contributed by atoms with van der Waals surface area (Å²) in [4.78, 5) is 2.69. The van der Waals surface area contributed by atoms with Crippen LogP contribution in [0, 0.1) is 5.92 Å². The number of hydrogen-bond donors (Lipinski definition) is 1. The molecule has 1 N–H and O–H groups in total. The monoisotopic (exact) mass is 226 g/mol. The van der Waals surface area contributed by atoms with Gasteiger partial charge in [0.2, 0.25) is 0 Å². The minimum atomic E-state index is 0.247. The van der Waals surface area contributed by atoms with Gasteiger partial charge < -0.3 is 5.32 Å². The van der Waals surface area contributed by atoms with Crippen molar-refractivity contribution in [1.82, 2.24) is 10.2 Å². The molecule has 0 spiro atoms. The van der Waals surface area contributed by atoms with Crippen LogP contribution < -0.4 is 5.32 Å². The van der Waals surface area contributed by atoms with Crippen molar-refractivity contribution in [3.05, 3.63) is 0 Å². The van der Waals surface area contributed by atoms with Gasteiger partial charge in [-0.05, 0) is 46.1 Å². The van der Waals surface area contributed by atoms with Gasteiger partial charge in [0.25, 0.3) is 0 Å². The summed E-state index contributed by atoms with van der Waals surface area (Å²) in [5, 5.41) is 3.66. The molecule has 1 heterocycles. The van der Waals surface area contributed by atoms with Crippen molar-refractivity contribution in [2.75, 3.05) is 19.6 Å². The van der Waals surface area contributed by atoms with Gasteiger partial charge in [-0.2, -0.15) is 0 Å². The molecule has 0 saturated carbocycles. The summed E-state index contributed by atoms with van der Waals surface area (Å²) < 4.78 is 0. The molecule has 0 amide bonds. The zero-order valence-corrected chi connectivity index (χ0v) is 11.8. The lowest BCUT2D eigenvalue weighted by Crippen LogP contribution is -2.47. The Bertz CT molecular complexity index is 195. The third-order valence-corrected chi connectivity index (χ3v) is 3.46. The lowest BCUT2D eigenvalue weighted by Gasteiger charge is -2.31. The molecular formula is C14H30N2. The second-order valence-corrected chi connectivity index (χ2v) is 6.46. The molecule has 2 nitrogen and oxygen atoms in total. The highest BCUT2D eigenvalue weighted by Crippen LogP contribution is 2.20. The molecule has 0 aromatic carbocycles. The second-order valence-electron chi connectivity index (χ2n) is 6.46. The van der Waals surface area contributed by atoms with Crippen LogP contribution in [0.1, 0.15) is 53.9 Å². The Kier molecular flexibility index (Phi) is 5.26. The summed E-state index contributed by atoms with van der Waals surface area (Å²) in [7, 11) is 0. The van der Waals surface area contributed by atoms with E-state index in [0.717, 1.165) is 18.5 Å². The first-order valence-electron chi connectivity index (χ1n) is 6.91. The van der Waals surface area contributed by atoms with Crippen LogP contribution in [0.2, 0.25) is 0 Å². The summed E-state index contributed by atoms with van der Waals surface area (Å²) in [6.45, 7) is 15.2. The fraction of sp³-hybridized carbons (Fsp3) is 1.00.